The van der Waals surface area contributed by atoms with Crippen LogP contribution >= 0.6 is 0 Å². The van der Waals surface area contributed by atoms with E-state index in [0.29, 0.717) is 32.1 Å². The Hall–Kier alpha value is -2.65. The predicted octanol–water partition coefficient (Wildman–Crippen LogP) is 1.65. The molecule has 5 unspecified atom stereocenters. The average Bonchev–Trinajstić information content (AvgIpc) is 3.38. The van der Waals surface area contributed by atoms with Gasteiger partial charge in [0.25, 0.3) is 0 Å². The summed E-state index contributed by atoms with van der Waals surface area (Å²) >= 11 is 0. The molecule has 8 nitrogen and oxygen atoms in total. The number of aliphatic hydroxyl groups excluding tert-OH is 3. The maximum Gasteiger partial charge on any atom is 0.204 e. The van der Waals surface area contributed by atoms with Crippen LogP contribution in [0.3, 0.4) is 0 Å². The van der Waals surface area contributed by atoms with E-state index in [1.807, 2.05) is 53.1 Å². The number of nitrogens with two attached hydrogens (primary N) is 1. The topological polar surface area (TPSA) is 126 Å². The third-order valence-corrected chi connectivity index (χ3v) is 7.01. The summed E-state index contributed by atoms with van der Waals surface area (Å²) in [4.78, 5) is 4.77. The second-order valence-electron chi connectivity index (χ2n) is 8.91. The molecule has 0 radical (unpaired) electrons. The van der Waals surface area contributed by atoms with Crippen molar-refractivity contribution < 1.29 is 20.1 Å². The zero-order chi connectivity index (χ0) is 22.3. The molecule has 2 aliphatic carbocycles. The molecule has 5 atom stereocenters. The second-order valence-corrected chi connectivity index (χ2v) is 8.91. The van der Waals surface area contributed by atoms with E-state index in [1.54, 1.807) is 0 Å². The molecular weight excluding hydrogens is 408 g/mol. The SMILES string of the molecule is NCCCOc1cccc(CNc2nc3ccccc3n2C2C(O)C(O)C3(CO)CC23)c1. The van der Waals surface area contributed by atoms with Crippen LogP contribution in [0.2, 0.25) is 0 Å². The molecule has 0 aliphatic heterocycles. The van der Waals surface area contributed by atoms with Crippen molar-refractivity contribution in [2.24, 2.45) is 17.1 Å². The molecule has 8 heteroatoms. The lowest BCUT2D eigenvalue weighted by atomic mass is 10.0. The van der Waals surface area contributed by atoms with Crippen molar-refractivity contribution in [3.63, 3.8) is 0 Å². The van der Waals surface area contributed by atoms with Gasteiger partial charge in [0.15, 0.2) is 0 Å². The average molecular weight is 439 g/mol. The Morgan fingerprint density at radius 2 is 2.03 bits per heavy atom. The highest BCUT2D eigenvalue weighted by Crippen LogP contribution is 2.67. The fraction of sp³-hybridized carbons (Fsp3) is 0.458. The number of aromatic nitrogens is 2. The van der Waals surface area contributed by atoms with E-state index in [0.717, 1.165) is 28.8 Å². The zero-order valence-corrected chi connectivity index (χ0v) is 17.9. The Labute approximate surface area is 186 Å². The van der Waals surface area contributed by atoms with Crippen LogP contribution in [0.1, 0.15) is 24.4 Å². The minimum absolute atomic E-state index is 0.00919. The van der Waals surface area contributed by atoms with Crippen molar-refractivity contribution in [3.05, 3.63) is 54.1 Å². The first-order chi connectivity index (χ1) is 15.6. The number of hydrogen-bond donors (Lipinski definition) is 5. The van der Waals surface area contributed by atoms with E-state index in [1.165, 1.54) is 0 Å². The number of nitrogens with zero attached hydrogens (tertiary/aromatic N) is 2. The predicted molar refractivity (Wildman–Crippen MR) is 121 cm³/mol. The molecular formula is C24H30N4O4. The van der Waals surface area contributed by atoms with Gasteiger partial charge in [-0.1, -0.05) is 24.3 Å². The summed E-state index contributed by atoms with van der Waals surface area (Å²) in [5, 5.41) is 34.8. The maximum absolute atomic E-state index is 10.9. The van der Waals surface area contributed by atoms with Gasteiger partial charge in [0.2, 0.25) is 5.95 Å². The molecule has 32 heavy (non-hydrogen) atoms. The van der Waals surface area contributed by atoms with E-state index in [4.69, 9.17) is 15.5 Å². The highest BCUT2D eigenvalue weighted by Gasteiger charge is 2.71. The largest absolute Gasteiger partial charge is 0.494 e. The number of fused-ring (bicyclic) bond motifs is 2. The quantitative estimate of drug-likeness (QED) is 0.322. The van der Waals surface area contributed by atoms with Gasteiger partial charge in [0.05, 0.1) is 36.4 Å². The van der Waals surface area contributed by atoms with Crippen LogP contribution in [0, 0.1) is 11.3 Å². The van der Waals surface area contributed by atoms with Crippen molar-refractivity contribution in [1.82, 2.24) is 9.55 Å². The summed E-state index contributed by atoms with van der Waals surface area (Å²) in [6.45, 7) is 1.58. The molecule has 2 saturated carbocycles. The van der Waals surface area contributed by atoms with Crippen LogP contribution in [0.25, 0.3) is 11.0 Å². The Morgan fingerprint density at radius 3 is 2.81 bits per heavy atom. The van der Waals surface area contributed by atoms with Crippen LogP contribution < -0.4 is 15.8 Å². The summed E-state index contributed by atoms with van der Waals surface area (Å²) in [6, 6.07) is 15.3. The van der Waals surface area contributed by atoms with E-state index < -0.39 is 17.6 Å². The molecule has 1 aromatic heterocycles. The highest BCUT2D eigenvalue weighted by atomic mass is 16.5. The number of hydrogen-bond acceptors (Lipinski definition) is 7. The van der Waals surface area contributed by atoms with E-state index in [-0.39, 0.29) is 18.6 Å². The molecule has 2 fully saturated rings. The lowest BCUT2D eigenvalue weighted by molar-refractivity contribution is -0.0298. The first-order valence-electron chi connectivity index (χ1n) is 11.2. The van der Waals surface area contributed by atoms with Crippen molar-refractivity contribution in [1.29, 1.82) is 0 Å². The van der Waals surface area contributed by atoms with Crippen LogP contribution in [-0.2, 0) is 6.54 Å². The summed E-state index contributed by atoms with van der Waals surface area (Å²) < 4.78 is 7.75. The molecule has 2 aromatic carbocycles. The van der Waals surface area contributed by atoms with Gasteiger partial charge in [0, 0.05) is 12.0 Å². The van der Waals surface area contributed by atoms with Gasteiger partial charge in [-0.3, -0.25) is 0 Å². The maximum atomic E-state index is 10.9. The third kappa shape index (κ3) is 3.44. The molecule has 6 N–H and O–H groups in total. The normalized spacial score (nSPS) is 28.6. The number of ether oxygens (including phenoxy) is 1. The standard InChI is InChI=1S/C24H30N4O4/c25-9-4-10-32-16-6-3-5-15(11-16)13-26-23-27-18-7-1-2-8-19(18)28(23)20-17-12-24(17,14-29)22(31)21(20)30/h1-3,5-8,11,17,20-22,29-31H,4,9-10,12-14,25H2,(H,26,27). The number of benzene rings is 2. The van der Waals surface area contributed by atoms with Crippen LogP contribution in [-0.4, -0.2) is 56.8 Å². The van der Waals surface area contributed by atoms with Gasteiger partial charge in [-0.25, -0.2) is 4.98 Å². The van der Waals surface area contributed by atoms with Gasteiger partial charge < -0.3 is 35.7 Å². The lowest BCUT2D eigenvalue weighted by Gasteiger charge is -2.25. The van der Waals surface area contributed by atoms with Crippen molar-refractivity contribution in [2.45, 2.75) is 37.6 Å². The van der Waals surface area contributed by atoms with Gasteiger partial charge in [-0.15, -0.1) is 0 Å². The molecule has 0 saturated heterocycles. The van der Waals surface area contributed by atoms with Crippen molar-refractivity contribution in [2.75, 3.05) is 25.1 Å². The molecule has 170 valence electrons. The monoisotopic (exact) mass is 438 g/mol. The first-order valence-corrected chi connectivity index (χ1v) is 11.2. The fourth-order valence-electron chi connectivity index (χ4n) is 5.19. The lowest BCUT2D eigenvalue weighted by Crippen LogP contribution is -2.35. The number of para-hydroxylation sites is 2. The van der Waals surface area contributed by atoms with Crippen LogP contribution in [0.4, 0.5) is 5.95 Å². The van der Waals surface area contributed by atoms with E-state index >= 15 is 0 Å². The summed E-state index contributed by atoms with van der Waals surface area (Å²) in [6.07, 6.45) is -0.406. The number of anilines is 1. The Kier molecular flexibility index (Phi) is 5.54. The van der Waals surface area contributed by atoms with Crippen LogP contribution in [0.5, 0.6) is 5.75 Å². The number of imidazole rings is 1. The third-order valence-electron chi connectivity index (χ3n) is 7.01. The Balaban J connectivity index is 1.42. The van der Waals surface area contributed by atoms with Crippen molar-refractivity contribution >= 4 is 17.0 Å². The molecule has 1 heterocycles. The Morgan fingerprint density at radius 1 is 1.19 bits per heavy atom. The highest BCUT2D eigenvalue weighted by molar-refractivity contribution is 5.79. The second kappa shape index (κ2) is 8.37. The van der Waals surface area contributed by atoms with E-state index in [2.05, 4.69) is 5.32 Å². The van der Waals surface area contributed by atoms with Gasteiger partial charge in [-0.05, 0) is 55.1 Å². The Bertz CT molecular complexity index is 1100. The molecule has 0 spiro atoms. The minimum atomic E-state index is -0.960. The number of nitrogens with one attached hydrogen (secondary N) is 1. The zero-order valence-electron chi connectivity index (χ0n) is 17.9. The molecule has 0 bridgehead atoms. The van der Waals surface area contributed by atoms with Crippen LogP contribution in [0.15, 0.2) is 48.5 Å². The van der Waals surface area contributed by atoms with Crippen molar-refractivity contribution in [3.8, 4) is 5.75 Å². The summed E-state index contributed by atoms with van der Waals surface area (Å²) in [7, 11) is 0. The fourth-order valence-corrected chi connectivity index (χ4v) is 5.19. The van der Waals surface area contributed by atoms with Gasteiger partial charge in [-0.2, -0.15) is 0 Å². The van der Waals surface area contributed by atoms with Gasteiger partial charge in [0.1, 0.15) is 11.9 Å². The van der Waals surface area contributed by atoms with E-state index in [9.17, 15) is 15.3 Å². The summed E-state index contributed by atoms with van der Waals surface area (Å²) in [5.41, 5.74) is 7.68. The smallest absolute Gasteiger partial charge is 0.204 e. The molecule has 5 rings (SSSR count). The molecule has 2 aliphatic rings. The number of aliphatic hydroxyl groups is 3. The minimum Gasteiger partial charge on any atom is -0.494 e. The number of rotatable bonds is 9. The summed E-state index contributed by atoms with van der Waals surface area (Å²) in [5.74, 6) is 1.44. The molecule has 0 amide bonds. The first kappa shape index (κ1) is 21.2. The molecule has 3 aromatic rings. The van der Waals surface area contributed by atoms with Gasteiger partial charge >= 0.3 is 0 Å².